The second-order valence-corrected chi connectivity index (χ2v) is 8.43. The third-order valence-corrected chi connectivity index (χ3v) is 6.16. The van der Waals surface area contributed by atoms with Crippen LogP contribution < -0.4 is 22.9 Å². The van der Waals surface area contributed by atoms with Gasteiger partial charge in [-0.15, -0.1) is 9.48 Å². The summed E-state index contributed by atoms with van der Waals surface area (Å²) >= 11 is 0. The van der Waals surface area contributed by atoms with Gasteiger partial charge in [0.25, 0.3) is 0 Å². The van der Waals surface area contributed by atoms with Crippen LogP contribution in [0.15, 0.2) is 86.5 Å². The van der Waals surface area contributed by atoms with E-state index in [2.05, 4.69) is 9.05 Å². The van der Waals surface area contributed by atoms with Gasteiger partial charge in [0.15, 0.2) is 0 Å². The predicted octanol–water partition coefficient (Wildman–Crippen LogP) is -0.498. The molecule has 0 aliphatic heterocycles. The summed E-state index contributed by atoms with van der Waals surface area (Å²) in [6.45, 7) is -0.0809. The molecule has 0 aliphatic carbocycles. The molecule has 0 aliphatic rings. The summed E-state index contributed by atoms with van der Waals surface area (Å²) in [4.78, 5) is 49.0. The van der Waals surface area contributed by atoms with Crippen LogP contribution in [0.25, 0.3) is 0 Å². The molecule has 2 aromatic heterocycles. The molecule has 4 aromatic rings. The van der Waals surface area contributed by atoms with Crippen LogP contribution in [0.4, 0.5) is 0 Å². The fourth-order valence-corrected chi connectivity index (χ4v) is 4.11. The van der Waals surface area contributed by atoms with E-state index in [0.29, 0.717) is 11.1 Å². The Kier molecular flexibility index (Phi) is 4.94. The van der Waals surface area contributed by atoms with Crippen LogP contribution in [0.5, 0.6) is 0 Å². The summed E-state index contributed by atoms with van der Waals surface area (Å²) in [5.41, 5.74) is -0.305. The summed E-state index contributed by atoms with van der Waals surface area (Å²) in [6, 6.07) is 11.5. The molecule has 0 spiro atoms. The summed E-state index contributed by atoms with van der Waals surface area (Å²) in [5.74, 6) is -1.76. The van der Waals surface area contributed by atoms with Crippen molar-refractivity contribution >= 4 is 9.84 Å². The van der Waals surface area contributed by atoms with Crippen molar-refractivity contribution in [2.75, 3.05) is 0 Å². The van der Waals surface area contributed by atoms with Crippen LogP contribution in [0.3, 0.4) is 0 Å². The maximum Gasteiger partial charge on any atom is 0.440 e. The minimum Gasteiger partial charge on any atom is -0.317 e. The van der Waals surface area contributed by atoms with Crippen molar-refractivity contribution in [3.05, 3.63) is 102 Å². The number of nitrogens with one attached hydrogen (secondary N) is 2. The minimum atomic E-state index is -3.82. The highest BCUT2D eigenvalue weighted by atomic mass is 32.2. The van der Waals surface area contributed by atoms with E-state index in [0.717, 1.165) is 9.48 Å². The van der Waals surface area contributed by atoms with Gasteiger partial charge in [0, 0.05) is 0 Å². The lowest BCUT2D eigenvalue weighted by Gasteiger charge is -2.07. The molecule has 2 heterocycles. The largest absolute Gasteiger partial charge is 0.440 e. The van der Waals surface area contributed by atoms with E-state index in [1.165, 1.54) is 48.5 Å². The molecule has 0 radical (unpaired) electrons. The first kappa shape index (κ1) is 20.2. The lowest BCUT2D eigenvalue weighted by Crippen LogP contribution is -2.17. The molecule has 0 unspecified atom stereocenters. The van der Waals surface area contributed by atoms with Crippen LogP contribution >= 0.6 is 0 Å². The summed E-state index contributed by atoms with van der Waals surface area (Å²) < 4.78 is 36.7. The van der Waals surface area contributed by atoms with Gasteiger partial charge in [-0.25, -0.2) is 37.6 Å². The Hall–Kier alpha value is -4.13. The monoisotopic (exact) mass is 446 g/mol. The maximum absolute atomic E-state index is 12.8. The first-order valence-corrected chi connectivity index (χ1v) is 10.2. The Labute approximate surface area is 171 Å². The van der Waals surface area contributed by atoms with Gasteiger partial charge in [-0.2, -0.15) is 0 Å². The number of aromatic amines is 2. The van der Waals surface area contributed by atoms with Crippen molar-refractivity contribution < 1.29 is 17.5 Å². The summed E-state index contributed by atoms with van der Waals surface area (Å²) in [5, 5.41) is 0. The van der Waals surface area contributed by atoms with Gasteiger partial charge >= 0.3 is 22.9 Å². The SMILES string of the molecule is O=c1[nH]c(=O)n(Cc2ccc(S(=O)(=O)c3ccc(Cn4oc(=O)[nH]c4=O)cc3)cc2)o1. The van der Waals surface area contributed by atoms with Crippen molar-refractivity contribution in [2.24, 2.45) is 0 Å². The highest BCUT2D eigenvalue weighted by molar-refractivity contribution is 7.91. The first-order chi connectivity index (χ1) is 14.7. The van der Waals surface area contributed by atoms with Crippen LogP contribution in [-0.4, -0.2) is 27.9 Å². The van der Waals surface area contributed by atoms with Crippen LogP contribution in [0, 0.1) is 0 Å². The number of rotatable bonds is 6. The Morgan fingerprint density at radius 1 is 0.645 bits per heavy atom. The number of H-pyrrole nitrogens is 2. The van der Waals surface area contributed by atoms with Gasteiger partial charge in [-0.1, -0.05) is 24.3 Å². The van der Waals surface area contributed by atoms with E-state index in [-0.39, 0.29) is 22.9 Å². The van der Waals surface area contributed by atoms with Crippen molar-refractivity contribution in [2.45, 2.75) is 22.9 Å². The number of aromatic nitrogens is 4. The van der Waals surface area contributed by atoms with E-state index in [9.17, 15) is 27.6 Å². The molecular formula is C18H14N4O8S. The average molecular weight is 446 g/mol. The number of benzene rings is 2. The normalized spacial score (nSPS) is 11.6. The Morgan fingerprint density at radius 3 is 1.29 bits per heavy atom. The molecule has 0 fully saturated rings. The Balaban J connectivity index is 1.53. The van der Waals surface area contributed by atoms with Gasteiger partial charge in [0.2, 0.25) is 9.84 Å². The zero-order valence-electron chi connectivity index (χ0n) is 15.6. The average Bonchev–Trinajstić information content (AvgIpc) is 3.21. The molecule has 0 saturated carbocycles. The fraction of sp³-hybridized carbons (Fsp3) is 0.111. The van der Waals surface area contributed by atoms with Crippen molar-refractivity contribution in [1.82, 2.24) is 19.4 Å². The molecule has 12 nitrogen and oxygen atoms in total. The highest BCUT2D eigenvalue weighted by Gasteiger charge is 2.18. The van der Waals surface area contributed by atoms with Crippen molar-refractivity contribution in [1.29, 1.82) is 0 Å². The van der Waals surface area contributed by atoms with Crippen LogP contribution in [0.2, 0.25) is 0 Å². The molecule has 0 bridgehead atoms. The Morgan fingerprint density at radius 2 is 1.00 bits per heavy atom. The van der Waals surface area contributed by atoms with Gasteiger partial charge in [-0.05, 0) is 35.4 Å². The number of hydrogen-bond donors (Lipinski definition) is 2. The lowest BCUT2D eigenvalue weighted by molar-refractivity contribution is 0.258. The van der Waals surface area contributed by atoms with Gasteiger partial charge in [0.05, 0.1) is 22.9 Å². The third kappa shape index (κ3) is 4.11. The smallest absolute Gasteiger partial charge is 0.317 e. The molecule has 2 N–H and O–H groups in total. The van der Waals surface area contributed by atoms with E-state index >= 15 is 0 Å². The van der Waals surface area contributed by atoms with Crippen molar-refractivity contribution in [3.63, 3.8) is 0 Å². The van der Waals surface area contributed by atoms with Gasteiger partial charge in [-0.3, -0.25) is 0 Å². The number of sulfone groups is 1. The second kappa shape index (κ2) is 7.60. The minimum absolute atomic E-state index is 0.0275. The zero-order chi connectivity index (χ0) is 22.2. The molecule has 31 heavy (non-hydrogen) atoms. The number of hydrogen-bond acceptors (Lipinski definition) is 8. The van der Waals surface area contributed by atoms with Gasteiger partial charge in [0.1, 0.15) is 0 Å². The quantitative estimate of drug-likeness (QED) is 0.399. The lowest BCUT2D eigenvalue weighted by atomic mass is 10.2. The fourth-order valence-electron chi connectivity index (χ4n) is 2.85. The standard InChI is InChI=1S/C18H14N4O8S/c23-15-19-17(25)29-21(15)9-11-1-5-13(6-2-11)31(27,28)14-7-3-12(4-8-14)10-22-16(24)20-18(26)30-22/h1-8H,9-10H2,(H,19,23,25)(H,20,24,26). The third-order valence-electron chi connectivity index (χ3n) is 4.38. The second-order valence-electron chi connectivity index (χ2n) is 6.48. The van der Waals surface area contributed by atoms with E-state index in [1.807, 2.05) is 9.97 Å². The maximum atomic E-state index is 12.8. The zero-order valence-corrected chi connectivity index (χ0v) is 16.4. The highest BCUT2D eigenvalue weighted by Crippen LogP contribution is 2.22. The first-order valence-electron chi connectivity index (χ1n) is 8.76. The Bertz CT molecular complexity index is 1450. The summed E-state index contributed by atoms with van der Waals surface area (Å²) in [6.07, 6.45) is 0. The summed E-state index contributed by atoms with van der Waals surface area (Å²) in [7, 11) is -3.82. The predicted molar refractivity (Wildman–Crippen MR) is 104 cm³/mol. The molecule has 0 saturated heterocycles. The van der Waals surface area contributed by atoms with E-state index in [1.54, 1.807) is 0 Å². The molecule has 160 valence electrons. The molecular weight excluding hydrogens is 432 g/mol. The van der Waals surface area contributed by atoms with Crippen LogP contribution in [-0.2, 0) is 22.9 Å². The van der Waals surface area contributed by atoms with Crippen molar-refractivity contribution in [3.8, 4) is 0 Å². The molecule has 2 aromatic carbocycles. The van der Waals surface area contributed by atoms with E-state index < -0.39 is 32.7 Å². The molecule has 0 atom stereocenters. The molecule has 0 amide bonds. The van der Waals surface area contributed by atoms with E-state index in [4.69, 9.17) is 0 Å². The molecule has 4 rings (SSSR count). The topological polar surface area (TPSA) is 170 Å². The van der Waals surface area contributed by atoms with Gasteiger partial charge < -0.3 is 9.05 Å². The van der Waals surface area contributed by atoms with Crippen LogP contribution in [0.1, 0.15) is 11.1 Å². The molecule has 13 heteroatoms. The number of nitrogens with zero attached hydrogens (tertiary/aromatic N) is 2.